The van der Waals surface area contributed by atoms with E-state index in [1.54, 1.807) is 0 Å². The summed E-state index contributed by atoms with van der Waals surface area (Å²) in [7, 11) is 0. The zero-order chi connectivity index (χ0) is 12.3. The molecule has 1 atom stereocenters. The van der Waals surface area contributed by atoms with Gasteiger partial charge < -0.3 is 5.32 Å². The van der Waals surface area contributed by atoms with Crippen LogP contribution in [0.5, 0.6) is 0 Å². The van der Waals surface area contributed by atoms with Crippen LogP contribution < -0.4 is 5.32 Å². The fourth-order valence-electron chi connectivity index (χ4n) is 1.79. The molecule has 1 unspecified atom stereocenters. The highest BCUT2D eigenvalue weighted by molar-refractivity contribution is 7.15. The highest BCUT2D eigenvalue weighted by atomic mass is 35.5. The molecule has 0 aliphatic heterocycles. The number of thiophene rings is 1. The number of hydrogen-bond donors (Lipinski definition) is 1. The van der Waals surface area contributed by atoms with Crippen molar-refractivity contribution in [2.45, 2.75) is 19.9 Å². The summed E-state index contributed by atoms with van der Waals surface area (Å²) in [5.74, 6) is 0. The molecule has 17 heavy (non-hydrogen) atoms. The van der Waals surface area contributed by atoms with Crippen LogP contribution in [0.25, 0.3) is 10.4 Å². The first-order valence-corrected chi connectivity index (χ1v) is 6.99. The molecule has 90 valence electrons. The van der Waals surface area contributed by atoms with E-state index >= 15 is 0 Å². The molecule has 1 aromatic heterocycles. The van der Waals surface area contributed by atoms with Crippen molar-refractivity contribution in [1.82, 2.24) is 5.32 Å². The van der Waals surface area contributed by atoms with Crippen molar-refractivity contribution in [3.05, 3.63) is 46.3 Å². The number of nitrogens with one attached hydrogen (secondary N) is 1. The largest absolute Gasteiger partial charge is 0.310 e. The Morgan fingerprint density at radius 3 is 2.82 bits per heavy atom. The molecule has 1 aromatic carbocycles. The summed E-state index contributed by atoms with van der Waals surface area (Å²) in [6, 6.07) is 12.8. The summed E-state index contributed by atoms with van der Waals surface area (Å²) < 4.78 is 0. The summed E-state index contributed by atoms with van der Waals surface area (Å²) in [4.78, 5) is 2.63. The van der Waals surface area contributed by atoms with Gasteiger partial charge in [-0.1, -0.05) is 30.7 Å². The van der Waals surface area contributed by atoms with Crippen LogP contribution in [0, 0.1) is 0 Å². The molecule has 0 bridgehead atoms. The molecule has 3 heteroatoms. The molecular formula is C14H16ClNS. The SMILES string of the molecule is CCNC(C)c1ccc(-c2cccc(Cl)c2)s1. The van der Waals surface area contributed by atoms with E-state index in [-0.39, 0.29) is 0 Å². The first-order valence-electron chi connectivity index (χ1n) is 5.79. The topological polar surface area (TPSA) is 12.0 Å². The van der Waals surface area contributed by atoms with Gasteiger partial charge in [-0.3, -0.25) is 0 Å². The van der Waals surface area contributed by atoms with Gasteiger partial charge in [0.05, 0.1) is 0 Å². The van der Waals surface area contributed by atoms with Crippen molar-refractivity contribution in [3.63, 3.8) is 0 Å². The first kappa shape index (κ1) is 12.6. The maximum absolute atomic E-state index is 6.01. The Balaban J connectivity index is 2.23. The van der Waals surface area contributed by atoms with E-state index in [9.17, 15) is 0 Å². The minimum absolute atomic E-state index is 0.415. The highest BCUT2D eigenvalue weighted by Crippen LogP contribution is 2.32. The van der Waals surface area contributed by atoms with Crippen molar-refractivity contribution >= 4 is 22.9 Å². The molecule has 1 N–H and O–H groups in total. The lowest BCUT2D eigenvalue weighted by atomic mass is 10.2. The summed E-state index contributed by atoms with van der Waals surface area (Å²) in [6.07, 6.45) is 0. The smallest absolute Gasteiger partial charge is 0.0412 e. The van der Waals surface area contributed by atoms with E-state index in [4.69, 9.17) is 11.6 Å². The summed E-state index contributed by atoms with van der Waals surface area (Å²) in [5.41, 5.74) is 1.19. The average molecular weight is 266 g/mol. The van der Waals surface area contributed by atoms with Gasteiger partial charge in [0, 0.05) is 20.8 Å². The van der Waals surface area contributed by atoms with Crippen LogP contribution in [-0.2, 0) is 0 Å². The maximum Gasteiger partial charge on any atom is 0.0412 e. The predicted octanol–water partition coefficient (Wildman–Crippen LogP) is 4.74. The quantitative estimate of drug-likeness (QED) is 0.842. The van der Waals surface area contributed by atoms with Crippen LogP contribution in [0.2, 0.25) is 5.02 Å². The van der Waals surface area contributed by atoms with E-state index < -0.39 is 0 Å². The van der Waals surface area contributed by atoms with E-state index in [1.807, 2.05) is 29.5 Å². The van der Waals surface area contributed by atoms with Crippen molar-refractivity contribution < 1.29 is 0 Å². The zero-order valence-electron chi connectivity index (χ0n) is 10.0. The molecule has 0 saturated heterocycles. The van der Waals surface area contributed by atoms with Crippen LogP contribution in [0.1, 0.15) is 24.8 Å². The molecule has 0 radical (unpaired) electrons. The standard InChI is InChI=1S/C14H16ClNS/c1-3-16-10(2)13-7-8-14(17-13)11-5-4-6-12(15)9-11/h4-10,16H,3H2,1-2H3. The third-order valence-electron chi connectivity index (χ3n) is 2.67. The number of halogens is 1. The third-order valence-corrected chi connectivity index (χ3v) is 4.23. The van der Waals surface area contributed by atoms with Gasteiger partial charge in [-0.15, -0.1) is 11.3 Å². The van der Waals surface area contributed by atoms with E-state index in [2.05, 4.69) is 37.4 Å². The Labute approximate surface area is 111 Å². The van der Waals surface area contributed by atoms with Crippen molar-refractivity contribution in [2.75, 3.05) is 6.54 Å². The van der Waals surface area contributed by atoms with Crippen molar-refractivity contribution in [1.29, 1.82) is 0 Å². The van der Waals surface area contributed by atoms with Gasteiger partial charge in [-0.25, -0.2) is 0 Å². The highest BCUT2D eigenvalue weighted by Gasteiger charge is 2.08. The fourth-order valence-corrected chi connectivity index (χ4v) is 3.01. The molecule has 0 fully saturated rings. The Morgan fingerprint density at radius 1 is 1.29 bits per heavy atom. The Hall–Kier alpha value is -0.830. The molecule has 1 heterocycles. The summed E-state index contributed by atoms with van der Waals surface area (Å²) >= 11 is 7.83. The molecule has 2 rings (SSSR count). The second-order valence-electron chi connectivity index (χ2n) is 3.99. The minimum atomic E-state index is 0.415. The second kappa shape index (κ2) is 5.67. The molecular weight excluding hydrogens is 250 g/mol. The average Bonchev–Trinajstić information content (AvgIpc) is 2.78. The Bertz CT molecular complexity index is 492. The zero-order valence-corrected chi connectivity index (χ0v) is 11.6. The van der Waals surface area contributed by atoms with E-state index in [0.29, 0.717) is 6.04 Å². The first-order chi connectivity index (χ1) is 8.20. The van der Waals surface area contributed by atoms with Gasteiger partial charge in [0.1, 0.15) is 0 Å². The Morgan fingerprint density at radius 2 is 2.12 bits per heavy atom. The minimum Gasteiger partial charge on any atom is -0.310 e. The van der Waals surface area contributed by atoms with Crippen LogP contribution >= 0.6 is 22.9 Å². The van der Waals surface area contributed by atoms with Gasteiger partial charge in [0.25, 0.3) is 0 Å². The van der Waals surface area contributed by atoms with Crippen molar-refractivity contribution in [3.8, 4) is 10.4 Å². The molecule has 0 saturated carbocycles. The van der Waals surface area contributed by atoms with Crippen LogP contribution in [0.4, 0.5) is 0 Å². The molecule has 2 aromatic rings. The fraction of sp³-hybridized carbons (Fsp3) is 0.286. The number of hydrogen-bond acceptors (Lipinski definition) is 2. The lowest BCUT2D eigenvalue weighted by Crippen LogP contribution is -2.16. The lowest BCUT2D eigenvalue weighted by Gasteiger charge is -2.09. The molecule has 0 aliphatic rings. The van der Waals surface area contributed by atoms with Crippen LogP contribution in [-0.4, -0.2) is 6.54 Å². The van der Waals surface area contributed by atoms with Gasteiger partial charge in [0.2, 0.25) is 0 Å². The van der Waals surface area contributed by atoms with Gasteiger partial charge in [0.15, 0.2) is 0 Å². The van der Waals surface area contributed by atoms with Crippen LogP contribution in [0.15, 0.2) is 36.4 Å². The van der Waals surface area contributed by atoms with Crippen LogP contribution in [0.3, 0.4) is 0 Å². The van der Waals surface area contributed by atoms with E-state index in [0.717, 1.165) is 11.6 Å². The molecule has 0 spiro atoms. The molecule has 0 aliphatic carbocycles. The third kappa shape index (κ3) is 3.09. The maximum atomic E-state index is 6.01. The number of rotatable bonds is 4. The van der Waals surface area contributed by atoms with Crippen molar-refractivity contribution in [2.24, 2.45) is 0 Å². The predicted molar refractivity (Wildman–Crippen MR) is 76.9 cm³/mol. The summed E-state index contributed by atoms with van der Waals surface area (Å²) in [6.45, 7) is 5.31. The van der Waals surface area contributed by atoms with Gasteiger partial charge in [-0.05, 0) is 43.3 Å². The van der Waals surface area contributed by atoms with Gasteiger partial charge in [-0.2, -0.15) is 0 Å². The van der Waals surface area contributed by atoms with E-state index in [1.165, 1.54) is 15.3 Å². The molecule has 0 amide bonds. The van der Waals surface area contributed by atoms with Gasteiger partial charge >= 0.3 is 0 Å². The second-order valence-corrected chi connectivity index (χ2v) is 5.54. The summed E-state index contributed by atoms with van der Waals surface area (Å²) in [5, 5.41) is 4.21. The normalized spacial score (nSPS) is 12.6. The Kier molecular flexibility index (Phi) is 4.21. The number of benzene rings is 1. The monoisotopic (exact) mass is 265 g/mol. The lowest BCUT2D eigenvalue weighted by molar-refractivity contribution is 0.607. The molecule has 1 nitrogen and oxygen atoms in total.